The first kappa shape index (κ1) is 18.7. The molecule has 0 unspecified atom stereocenters. The second-order valence-electron chi connectivity index (χ2n) is 6.54. The van der Waals surface area contributed by atoms with Crippen LogP contribution in [0.1, 0.15) is 58.6 Å². The van der Waals surface area contributed by atoms with E-state index in [1.807, 2.05) is 37.3 Å². The first-order valence-corrected chi connectivity index (χ1v) is 8.39. The molecule has 0 aliphatic rings. The van der Waals surface area contributed by atoms with Crippen LogP contribution in [0.3, 0.4) is 0 Å². The summed E-state index contributed by atoms with van der Waals surface area (Å²) in [6, 6.07) is 9.30. The van der Waals surface area contributed by atoms with Gasteiger partial charge < -0.3 is 10.0 Å². The molecule has 3 atom stereocenters. The zero-order valence-corrected chi connectivity index (χ0v) is 14.6. The molecule has 1 rings (SSSR count). The molecular weight excluding hydrogens is 274 g/mol. The van der Waals surface area contributed by atoms with Gasteiger partial charge in [-0.3, -0.25) is 4.79 Å². The number of amides is 1. The summed E-state index contributed by atoms with van der Waals surface area (Å²) in [5.41, 5.74) is 0.851. The van der Waals surface area contributed by atoms with Crippen LogP contribution in [0.2, 0.25) is 0 Å². The Morgan fingerprint density at radius 3 is 2.27 bits per heavy atom. The van der Waals surface area contributed by atoms with Crippen LogP contribution in [-0.4, -0.2) is 29.0 Å². The van der Waals surface area contributed by atoms with E-state index in [9.17, 15) is 9.90 Å². The Morgan fingerprint density at radius 2 is 1.77 bits per heavy atom. The molecule has 1 aromatic carbocycles. The van der Waals surface area contributed by atoms with Crippen molar-refractivity contribution in [3.63, 3.8) is 0 Å². The maximum absolute atomic E-state index is 12.8. The van der Waals surface area contributed by atoms with Crippen LogP contribution >= 0.6 is 0 Å². The number of likely N-dealkylation sites (N-methyl/N-ethyl adjacent to an activating group) is 1. The van der Waals surface area contributed by atoms with Crippen LogP contribution in [0.25, 0.3) is 0 Å². The average Bonchev–Trinajstić information content (AvgIpc) is 2.53. The van der Waals surface area contributed by atoms with Gasteiger partial charge in [-0.1, -0.05) is 63.9 Å². The Bertz CT molecular complexity index is 444. The lowest BCUT2D eigenvalue weighted by Crippen LogP contribution is -2.43. The number of aliphatic hydroxyl groups is 1. The van der Waals surface area contributed by atoms with E-state index in [1.165, 1.54) is 0 Å². The smallest absolute Gasteiger partial charge is 0.226 e. The van der Waals surface area contributed by atoms with E-state index in [4.69, 9.17) is 0 Å². The number of aliphatic hydroxyl groups excluding tert-OH is 1. The topological polar surface area (TPSA) is 40.5 Å². The van der Waals surface area contributed by atoms with Gasteiger partial charge >= 0.3 is 0 Å². The normalized spacial score (nSPS) is 15.4. The van der Waals surface area contributed by atoms with Crippen molar-refractivity contribution in [2.75, 3.05) is 7.05 Å². The van der Waals surface area contributed by atoms with Gasteiger partial charge in [-0.2, -0.15) is 0 Å². The molecule has 0 aromatic heterocycles. The molecule has 1 aromatic rings. The Morgan fingerprint density at radius 1 is 1.18 bits per heavy atom. The SMILES string of the molecule is CCCC[C@H](C(=O)N(C)[C@@H](C)[C@@H](O)c1ccccc1)C(C)C. The first-order valence-electron chi connectivity index (χ1n) is 8.39. The highest BCUT2D eigenvalue weighted by Crippen LogP contribution is 2.25. The van der Waals surface area contributed by atoms with Crippen LogP contribution in [0.5, 0.6) is 0 Å². The van der Waals surface area contributed by atoms with Gasteiger partial charge in [0.2, 0.25) is 5.91 Å². The molecule has 1 N–H and O–H groups in total. The lowest BCUT2D eigenvalue weighted by Gasteiger charge is -2.33. The van der Waals surface area contributed by atoms with Crippen molar-refractivity contribution in [3.05, 3.63) is 35.9 Å². The standard InChI is InChI=1S/C19H31NO2/c1-6-7-13-17(14(2)3)19(22)20(5)15(4)18(21)16-11-9-8-10-12-16/h8-12,14-15,17-18,21H,6-7,13H2,1-5H3/t15-,17-,18+/m0/s1. The minimum atomic E-state index is -0.658. The first-order chi connectivity index (χ1) is 10.4. The molecule has 0 aliphatic heterocycles. The predicted octanol–water partition coefficient (Wildman–Crippen LogP) is 4.03. The fourth-order valence-electron chi connectivity index (χ4n) is 2.77. The van der Waals surface area contributed by atoms with Crippen molar-refractivity contribution < 1.29 is 9.90 Å². The molecule has 1 amide bonds. The number of unbranched alkanes of at least 4 members (excludes halogenated alkanes) is 1. The van der Waals surface area contributed by atoms with Crippen LogP contribution in [-0.2, 0) is 4.79 Å². The lowest BCUT2D eigenvalue weighted by molar-refractivity contribution is -0.140. The van der Waals surface area contributed by atoms with Gasteiger partial charge in [0.15, 0.2) is 0 Å². The van der Waals surface area contributed by atoms with E-state index in [0.29, 0.717) is 5.92 Å². The summed E-state index contributed by atoms with van der Waals surface area (Å²) >= 11 is 0. The van der Waals surface area contributed by atoms with Gasteiger partial charge in [-0.25, -0.2) is 0 Å². The second kappa shape index (κ2) is 8.94. The third-order valence-corrected chi connectivity index (χ3v) is 4.55. The highest BCUT2D eigenvalue weighted by Gasteiger charge is 2.30. The second-order valence-corrected chi connectivity index (χ2v) is 6.54. The summed E-state index contributed by atoms with van der Waals surface area (Å²) in [7, 11) is 1.81. The summed E-state index contributed by atoms with van der Waals surface area (Å²) < 4.78 is 0. The molecule has 0 aliphatic carbocycles. The molecule has 3 heteroatoms. The highest BCUT2D eigenvalue weighted by molar-refractivity contribution is 5.79. The molecule has 3 nitrogen and oxygen atoms in total. The van der Waals surface area contributed by atoms with Gasteiger partial charge in [-0.15, -0.1) is 0 Å². The van der Waals surface area contributed by atoms with E-state index < -0.39 is 6.10 Å². The molecule has 124 valence electrons. The van der Waals surface area contributed by atoms with Crippen LogP contribution < -0.4 is 0 Å². The molecule has 0 heterocycles. The number of carbonyl (C=O) groups excluding carboxylic acids is 1. The largest absolute Gasteiger partial charge is 0.386 e. The molecular formula is C19H31NO2. The number of hydrogen-bond acceptors (Lipinski definition) is 2. The summed E-state index contributed by atoms with van der Waals surface area (Å²) in [5.74, 6) is 0.504. The van der Waals surface area contributed by atoms with Crippen molar-refractivity contribution in [1.82, 2.24) is 4.90 Å². The fourth-order valence-corrected chi connectivity index (χ4v) is 2.77. The van der Waals surface area contributed by atoms with Crippen LogP contribution in [0.4, 0.5) is 0 Å². The van der Waals surface area contributed by atoms with E-state index >= 15 is 0 Å². The van der Waals surface area contributed by atoms with Crippen molar-refractivity contribution in [2.45, 2.75) is 59.1 Å². The van der Waals surface area contributed by atoms with Crippen molar-refractivity contribution in [1.29, 1.82) is 0 Å². The molecule has 0 spiro atoms. The molecule has 0 radical (unpaired) electrons. The molecule has 0 saturated carbocycles. The Balaban J connectivity index is 2.79. The Kier molecular flexibility index (Phi) is 7.60. The van der Waals surface area contributed by atoms with E-state index in [2.05, 4.69) is 20.8 Å². The average molecular weight is 305 g/mol. The molecule has 0 fully saturated rings. The summed E-state index contributed by atoms with van der Waals surface area (Å²) in [6.07, 6.45) is 2.43. The highest BCUT2D eigenvalue weighted by atomic mass is 16.3. The number of rotatable bonds is 8. The molecule has 0 saturated heterocycles. The minimum absolute atomic E-state index is 0.0374. The number of hydrogen-bond donors (Lipinski definition) is 1. The van der Waals surface area contributed by atoms with Crippen molar-refractivity contribution in [2.24, 2.45) is 11.8 Å². The van der Waals surface area contributed by atoms with E-state index in [0.717, 1.165) is 24.8 Å². The van der Waals surface area contributed by atoms with Gasteiger partial charge in [0, 0.05) is 13.0 Å². The van der Waals surface area contributed by atoms with Gasteiger partial charge in [0.05, 0.1) is 12.1 Å². The quantitative estimate of drug-likeness (QED) is 0.787. The van der Waals surface area contributed by atoms with Crippen LogP contribution in [0, 0.1) is 11.8 Å². The molecule has 22 heavy (non-hydrogen) atoms. The van der Waals surface area contributed by atoms with Crippen molar-refractivity contribution in [3.8, 4) is 0 Å². The third-order valence-electron chi connectivity index (χ3n) is 4.55. The van der Waals surface area contributed by atoms with Gasteiger partial charge in [0.25, 0.3) is 0 Å². The number of benzene rings is 1. The van der Waals surface area contributed by atoms with Gasteiger partial charge in [-0.05, 0) is 24.8 Å². The number of carbonyl (C=O) groups is 1. The fraction of sp³-hybridized carbons (Fsp3) is 0.632. The van der Waals surface area contributed by atoms with Gasteiger partial charge in [0.1, 0.15) is 0 Å². The van der Waals surface area contributed by atoms with E-state index in [1.54, 1.807) is 11.9 Å². The lowest BCUT2D eigenvalue weighted by atomic mass is 9.88. The third kappa shape index (κ3) is 4.84. The summed E-state index contributed by atoms with van der Waals surface area (Å²) in [6.45, 7) is 8.26. The summed E-state index contributed by atoms with van der Waals surface area (Å²) in [5, 5.41) is 10.5. The Hall–Kier alpha value is -1.35. The minimum Gasteiger partial charge on any atom is -0.386 e. The monoisotopic (exact) mass is 305 g/mol. The van der Waals surface area contributed by atoms with Crippen molar-refractivity contribution >= 4 is 5.91 Å². The maximum atomic E-state index is 12.8. The summed E-state index contributed by atoms with van der Waals surface area (Å²) in [4.78, 5) is 14.5. The molecule has 0 bridgehead atoms. The maximum Gasteiger partial charge on any atom is 0.226 e. The Labute approximate surface area is 135 Å². The van der Waals surface area contributed by atoms with Crippen LogP contribution in [0.15, 0.2) is 30.3 Å². The predicted molar refractivity (Wildman–Crippen MR) is 91.5 cm³/mol. The zero-order valence-electron chi connectivity index (χ0n) is 14.6. The zero-order chi connectivity index (χ0) is 16.7. The number of nitrogens with zero attached hydrogens (tertiary/aromatic N) is 1. The van der Waals surface area contributed by atoms with E-state index in [-0.39, 0.29) is 17.9 Å².